The lowest BCUT2D eigenvalue weighted by Crippen LogP contribution is -2.36. The number of benzene rings is 1. The molecule has 3 aromatic heterocycles. The van der Waals surface area contributed by atoms with E-state index in [4.69, 9.17) is 4.74 Å². The fraction of sp³-hybridized carbons (Fsp3) is 0.182. The van der Waals surface area contributed by atoms with Crippen LogP contribution in [0.15, 0.2) is 67.1 Å². The zero-order chi connectivity index (χ0) is 20.3. The predicted octanol–water partition coefficient (Wildman–Crippen LogP) is 2.90. The highest BCUT2D eigenvalue weighted by Gasteiger charge is 2.15. The molecule has 1 amide bonds. The van der Waals surface area contributed by atoms with E-state index in [2.05, 4.69) is 37.3 Å². The molecule has 0 unspecified atom stereocenters. The van der Waals surface area contributed by atoms with Gasteiger partial charge >= 0.3 is 0 Å². The summed E-state index contributed by atoms with van der Waals surface area (Å²) in [5.41, 5.74) is 3.72. The molecule has 0 saturated carbocycles. The van der Waals surface area contributed by atoms with Gasteiger partial charge in [-0.05, 0) is 42.5 Å². The number of fused-ring (bicyclic) bond motifs is 1. The second-order valence-electron chi connectivity index (χ2n) is 6.94. The largest absolute Gasteiger partial charge is 0.378 e. The topological polar surface area (TPSA) is 85.2 Å². The number of carbonyl (C=O) groups is 1. The molecule has 4 aromatic rings. The minimum absolute atomic E-state index is 0.305. The van der Waals surface area contributed by atoms with Crippen molar-refractivity contribution in [1.82, 2.24) is 19.5 Å². The molecule has 1 aromatic carbocycles. The van der Waals surface area contributed by atoms with Crippen molar-refractivity contribution in [3.05, 3.63) is 72.8 Å². The molecule has 0 spiro atoms. The van der Waals surface area contributed by atoms with Crippen LogP contribution in [0.25, 0.3) is 16.9 Å². The third-order valence-corrected chi connectivity index (χ3v) is 5.02. The maximum atomic E-state index is 12.6. The molecular weight excluding hydrogens is 380 g/mol. The van der Waals surface area contributed by atoms with Gasteiger partial charge in [0.15, 0.2) is 5.65 Å². The summed E-state index contributed by atoms with van der Waals surface area (Å²) in [4.78, 5) is 28.1. The Balaban J connectivity index is 1.47. The molecule has 0 atom stereocenters. The van der Waals surface area contributed by atoms with Gasteiger partial charge in [0, 0.05) is 25.0 Å². The number of morpholine rings is 1. The summed E-state index contributed by atoms with van der Waals surface area (Å²) in [7, 11) is 0. The maximum absolute atomic E-state index is 12.6. The van der Waals surface area contributed by atoms with Gasteiger partial charge in [-0.1, -0.05) is 12.1 Å². The molecule has 150 valence electrons. The van der Waals surface area contributed by atoms with Crippen molar-refractivity contribution in [2.24, 2.45) is 0 Å². The molecule has 8 heteroatoms. The van der Waals surface area contributed by atoms with E-state index in [-0.39, 0.29) is 5.91 Å². The molecule has 1 fully saturated rings. The first-order valence-corrected chi connectivity index (χ1v) is 9.77. The Morgan fingerprint density at radius 2 is 1.83 bits per heavy atom. The van der Waals surface area contributed by atoms with Crippen LogP contribution in [0.5, 0.6) is 0 Å². The molecule has 0 radical (unpaired) electrons. The highest BCUT2D eigenvalue weighted by molar-refractivity contribution is 6.03. The lowest BCUT2D eigenvalue weighted by Gasteiger charge is -2.29. The van der Waals surface area contributed by atoms with Crippen LogP contribution in [-0.4, -0.2) is 51.7 Å². The third-order valence-electron chi connectivity index (χ3n) is 5.02. The molecule has 1 N–H and O–H groups in total. The van der Waals surface area contributed by atoms with Gasteiger partial charge in [-0.15, -0.1) is 0 Å². The number of carbonyl (C=O) groups excluding carboxylic acids is 1. The monoisotopic (exact) mass is 400 g/mol. The highest BCUT2D eigenvalue weighted by Crippen LogP contribution is 2.23. The van der Waals surface area contributed by atoms with E-state index < -0.39 is 0 Å². The summed E-state index contributed by atoms with van der Waals surface area (Å²) in [6.07, 6.45) is 3.36. The number of imidazole rings is 1. The second-order valence-corrected chi connectivity index (χ2v) is 6.94. The van der Waals surface area contributed by atoms with Crippen LogP contribution in [0.2, 0.25) is 0 Å². The summed E-state index contributed by atoms with van der Waals surface area (Å²) >= 11 is 0. The molecule has 0 bridgehead atoms. The molecule has 5 rings (SSSR count). The van der Waals surface area contributed by atoms with Crippen LogP contribution in [-0.2, 0) is 4.74 Å². The van der Waals surface area contributed by atoms with Gasteiger partial charge in [0.25, 0.3) is 5.91 Å². The summed E-state index contributed by atoms with van der Waals surface area (Å²) < 4.78 is 7.35. The van der Waals surface area contributed by atoms with E-state index in [9.17, 15) is 4.79 Å². The Morgan fingerprint density at radius 1 is 0.967 bits per heavy atom. The Bertz CT molecular complexity index is 1180. The zero-order valence-corrected chi connectivity index (χ0v) is 16.2. The Labute approximate surface area is 173 Å². The van der Waals surface area contributed by atoms with Crippen molar-refractivity contribution < 1.29 is 9.53 Å². The van der Waals surface area contributed by atoms with E-state index >= 15 is 0 Å². The van der Waals surface area contributed by atoms with Crippen LogP contribution >= 0.6 is 0 Å². The van der Waals surface area contributed by atoms with Crippen molar-refractivity contribution in [1.29, 1.82) is 0 Å². The number of anilines is 2. The molecule has 1 aliphatic rings. The van der Waals surface area contributed by atoms with E-state index in [0.717, 1.165) is 43.2 Å². The van der Waals surface area contributed by atoms with Crippen molar-refractivity contribution in [2.45, 2.75) is 0 Å². The number of rotatable bonds is 4. The van der Waals surface area contributed by atoms with Gasteiger partial charge < -0.3 is 15.0 Å². The molecule has 4 heterocycles. The minimum Gasteiger partial charge on any atom is -0.378 e. The lowest BCUT2D eigenvalue weighted by molar-refractivity contribution is 0.102. The summed E-state index contributed by atoms with van der Waals surface area (Å²) in [6, 6.07) is 17.0. The lowest BCUT2D eigenvalue weighted by atomic mass is 10.2. The van der Waals surface area contributed by atoms with Gasteiger partial charge in [-0.3, -0.25) is 9.36 Å². The fourth-order valence-corrected chi connectivity index (χ4v) is 3.49. The van der Waals surface area contributed by atoms with Crippen LogP contribution in [0, 0.1) is 0 Å². The normalized spacial score (nSPS) is 14.1. The number of hydrogen-bond acceptors (Lipinski definition) is 6. The average Bonchev–Trinajstić information content (AvgIpc) is 3.24. The molecular formula is C22H20N6O2. The molecule has 0 aliphatic carbocycles. The molecule has 30 heavy (non-hydrogen) atoms. The number of hydrogen-bond donors (Lipinski definition) is 1. The zero-order valence-electron chi connectivity index (χ0n) is 16.2. The first-order valence-electron chi connectivity index (χ1n) is 9.77. The van der Waals surface area contributed by atoms with Crippen molar-refractivity contribution in [3.63, 3.8) is 0 Å². The Morgan fingerprint density at radius 3 is 2.67 bits per heavy atom. The van der Waals surface area contributed by atoms with Gasteiger partial charge in [-0.2, -0.15) is 0 Å². The number of amides is 1. The standard InChI is InChI=1S/C22H20N6O2/c29-22(26-20-6-1-2-9-23-20)19-8-7-18-21(25-19)28(15-24-18)17-5-3-4-16(14-17)27-10-12-30-13-11-27/h1-9,14-15H,10-13H2,(H,23,26,29). The molecule has 1 aliphatic heterocycles. The SMILES string of the molecule is O=C(Nc1ccccn1)c1ccc2ncn(-c3cccc(N4CCOCC4)c3)c2n1. The van der Waals surface area contributed by atoms with Crippen molar-refractivity contribution in [2.75, 3.05) is 36.5 Å². The number of aromatic nitrogens is 4. The third kappa shape index (κ3) is 3.60. The predicted molar refractivity (Wildman–Crippen MR) is 114 cm³/mol. The van der Waals surface area contributed by atoms with Gasteiger partial charge in [0.05, 0.1) is 18.9 Å². The summed E-state index contributed by atoms with van der Waals surface area (Å²) in [5, 5.41) is 2.77. The van der Waals surface area contributed by atoms with E-state index in [1.807, 2.05) is 22.8 Å². The summed E-state index contributed by atoms with van der Waals surface area (Å²) in [6.45, 7) is 3.19. The van der Waals surface area contributed by atoms with Gasteiger partial charge in [0.1, 0.15) is 23.4 Å². The number of ether oxygens (including phenoxy) is 1. The van der Waals surface area contributed by atoms with Crippen LogP contribution in [0.3, 0.4) is 0 Å². The second kappa shape index (κ2) is 7.92. The minimum atomic E-state index is -0.314. The quantitative estimate of drug-likeness (QED) is 0.567. The Kier molecular flexibility index (Phi) is 4.82. The smallest absolute Gasteiger partial charge is 0.275 e. The molecule has 1 saturated heterocycles. The number of pyridine rings is 2. The van der Waals surface area contributed by atoms with Gasteiger partial charge in [-0.25, -0.2) is 15.0 Å². The first-order chi connectivity index (χ1) is 14.8. The van der Waals surface area contributed by atoms with Crippen LogP contribution in [0.4, 0.5) is 11.5 Å². The van der Waals surface area contributed by atoms with Crippen LogP contribution < -0.4 is 10.2 Å². The van der Waals surface area contributed by atoms with E-state index in [0.29, 0.717) is 17.2 Å². The highest BCUT2D eigenvalue weighted by atomic mass is 16.5. The maximum Gasteiger partial charge on any atom is 0.275 e. The van der Waals surface area contributed by atoms with E-state index in [1.165, 1.54) is 0 Å². The number of nitrogens with one attached hydrogen (secondary N) is 1. The Hall–Kier alpha value is -3.78. The van der Waals surface area contributed by atoms with Gasteiger partial charge in [0.2, 0.25) is 0 Å². The van der Waals surface area contributed by atoms with Crippen molar-refractivity contribution >= 4 is 28.6 Å². The summed E-state index contributed by atoms with van der Waals surface area (Å²) in [5.74, 6) is 0.168. The van der Waals surface area contributed by atoms with Crippen molar-refractivity contribution in [3.8, 4) is 5.69 Å². The average molecular weight is 400 g/mol. The van der Waals surface area contributed by atoms with Crippen LogP contribution in [0.1, 0.15) is 10.5 Å². The fourth-order valence-electron chi connectivity index (χ4n) is 3.49. The molecule has 8 nitrogen and oxygen atoms in total. The number of nitrogens with zero attached hydrogens (tertiary/aromatic N) is 5. The first kappa shape index (κ1) is 18.3. The van der Waals surface area contributed by atoms with E-state index in [1.54, 1.807) is 36.8 Å².